The van der Waals surface area contributed by atoms with Crippen molar-refractivity contribution in [3.63, 3.8) is 0 Å². The van der Waals surface area contributed by atoms with E-state index in [0.717, 1.165) is 0 Å². The first-order chi connectivity index (χ1) is 11.5. The van der Waals surface area contributed by atoms with Gasteiger partial charge in [0.2, 0.25) is 0 Å². The molecule has 1 aliphatic heterocycles. The Morgan fingerprint density at radius 3 is 2.75 bits per heavy atom. The number of nitrogens with zero attached hydrogens (tertiary/aromatic N) is 4. The topological polar surface area (TPSA) is 126 Å². The molecule has 0 radical (unpaired) electrons. The predicted molar refractivity (Wildman–Crippen MR) is 86.3 cm³/mol. The van der Waals surface area contributed by atoms with Gasteiger partial charge in [0.15, 0.2) is 23.2 Å². The highest BCUT2D eigenvalue weighted by molar-refractivity contribution is 5.82. The summed E-state index contributed by atoms with van der Waals surface area (Å²) in [6, 6.07) is 0. The fourth-order valence-corrected chi connectivity index (χ4v) is 2.63. The Balaban J connectivity index is 1.90. The van der Waals surface area contributed by atoms with Gasteiger partial charge in [0.05, 0.1) is 12.9 Å². The summed E-state index contributed by atoms with van der Waals surface area (Å²) in [4.78, 5) is 12.7. The van der Waals surface area contributed by atoms with Crippen molar-refractivity contribution in [1.29, 1.82) is 0 Å². The Bertz CT molecular complexity index is 743. The quantitative estimate of drug-likeness (QED) is 0.554. The fraction of sp³-hybridized carbons (Fsp3) is 0.533. The molecule has 0 saturated carbocycles. The van der Waals surface area contributed by atoms with E-state index in [9.17, 15) is 15.3 Å². The van der Waals surface area contributed by atoms with Crippen LogP contribution in [0.1, 0.15) is 20.1 Å². The van der Waals surface area contributed by atoms with Gasteiger partial charge in [0.25, 0.3) is 0 Å². The number of rotatable bonds is 5. The third kappa shape index (κ3) is 2.98. The molecule has 2 aromatic heterocycles. The molecule has 0 amide bonds. The first-order valence-corrected chi connectivity index (χ1v) is 7.70. The number of ether oxygens (including phenoxy) is 1. The number of allylic oxidation sites excluding steroid dienone is 1. The molecule has 0 bridgehead atoms. The summed E-state index contributed by atoms with van der Waals surface area (Å²) in [7, 11) is 0. The number of aliphatic hydroxyl groups excluding tert-OH is 3. The van der Waals surface area contributed by atoms with Crippen LogP contribution in [-0.4, -0.2) is 66.3 Å². The van der Waals surface area contributed by atoms with Gasteiger partial charge in [-0.05, 0) is 13.8 Å². The normalized spacial score (nSPS) is 26.7. The van der Waals surface area contributed by atoms with Crippen molar-refractivity contribution in [1.82, 2.24) is 19.5 Å². The molecule has 3 heterocycles. The lowest BCUT2D eigenvalue weighted by Gasteiger charge is -2.16. The molecule has 3 rings (SSSR count). The van der Waals surface area contributed by atoms with Crippen LogP contribution >= 0.6 is 0 Å². The molecule has 0 aliphatic carbocycles. The van der Waals surface area contributed by atoms with Gasteiger partial charge in [-0.3, -0.25) is 4.57 Å². The Morgan fingerprint density at radius 1 is 1.29 bits per heavy atom. The Labute approximate surface area is 138 Å². The summed E-state index contributed by atoms with van der Waals surface area (Å²) in [6.07, 6.45) is 0.823. The van der Waals surface area contributed by atoms with Gasteiger partial charge >= 0.3 is 0 Å². The summed E-state index contributed by atoms with van der Waals surface area (Å²) < 4.78 is 7.06. The minimum absolute atomic E-state index is 0.383. The second-order valence-corrected chi connectivity index (χ2v) is 5.94. The number of hydrogen-bond acceptors (Lipinski definition) is 8. The standard InChI is InChI=1S/C15H21N5O4/c1-8(2)3-4-16-13-10-14(18-6-17-13)20(7-19-10)15-12(23)11(22)9(5-21)24-15/h3,6-7,9,11-12,15,21-23H,4-5H2,1-2H3,(H,16,17,18)/t9?,11?,12-,15?/m0/s1. The van der Waals surface area contributed by atoms with Gasteiger partial charge in [-0.2, -0.15) is 0 Å². The molecule has 130 valence electrons. The number of nitrogens with one attached hydrogen (secondary N) is 1. The van der Waals surface area contributed by atoms with Crippen molar-refractivity contribution >= 4 is 17.0 Å². The van der Waals surface area contributed by atoms with Crippen LogP contribution in [0.4, 0.5) is 5.82 Å². The number of imidazole rings is 1. The fourth-order valence-electron chi connectivity index (χ4n) is 2.63. The first-order valence-electron chi connectivity index (χ1n) is 7.70. The smallest absolute Gasteiger partial charge is 0.167 e. The van der Waals surface area contributed by atoms with Crippen molar-refractivity contribution in [3.8, 4) is 0 Å². The van der Waals surface area contributed by atoms with E-state index in [1.54, 1.807) is 0 Å². The van der Waals surface area contributed by atoms with Gasteiger partial charge in [-0.25, -0.2) is 15.0 Å². The van der Waals surface area contributed by atoms with Crippen LogP contribution in [0.3, 0.4) is 0 Å². The zero-order chi connectivity index (χ0) is 17.3. The summed E-state index contributed by atoms with van der Waals surface area (Å²) in [5, 5.41) is 32.4. The highest BCUT2D eigenvalue weighted by Gasteiger charge is 2.43. The monoisotopic (exact) mass is 335 g/mol. The van der Waals surface area contributed by atoms with E-state index in [1.807, 2.05) is 19.9 Å². The van der Waals surface area contributed by atoms with Crippen LogP contribution in [0.15, 0.2) is 24.3 Å². The molecular weight excluding hydrogens is 314 g/mol. The van der Waals surface area contributed by atoms with Crippen molar-refractivity contribution in [2.24, 2.45) is 0 Å². The van der Waals surface area contributed by atoms with Crippen LogP contribution in [-0.2, 0) is 4.74 Å². The molecule has 3 unspecified atom stereocenters. The molecule has 1 saturated heterocycles. The van der Waals surface area contributed by atoms with Crippen LogP contribution in [0.5, 0.6) is 0 Å². The molecular formula is C15H21N5O4. The molecule has 4 atom stereocenters. The average Bonchev–Trinajstić information content (AvgIpc) is 3.10. The maximum atomic E-state index is 10.2. The first kappa shape index (κ1) is 16.8. The molecule has 1 aliphatic rings. The number of anilines is 1. The highest BCUT2D eigenvalue weighted by atomic mass is 16.6. The minimum Gasteiger partial charge on any atom is -0.394 e. The van der Waals surface area contributed by atoms with Crippen molar-refractivity contribution in [2.45, 2.75) is 38.4 Å². The van der Waals surface area contributed by atoms with Crippen molar-refractivity contribution in [2.75, 3.05) is 18.5 Å². The van der Waals surface area contributed by atoms with Crippen molar-refractivity contribution in [3.05, 3.63) is 24.3 Å². The number of fused-ring (bicyclic) bond motifs is 1. The average molecular weight is 335 g/mol. The SMILES string of the molecule is CC(C)=CCNc1ncnc2c1ncn2C1OC(CO)C(O)[C@@H]1O. The second kappa shape index (κ2) is 6.81. The molecule has 0 spiro atoms. The van der Waals surface area contributed by atoms with Gasteiger partial charge < -0.3 is 25.4 Å². The molecule has 1 fully saturated rings. The van der Waals surface area contributed by atoms with E-state index in [1.165, 1.54) is 22.8 Å². The van der Waals surface area contributed by atoms with Crippen LogP contribution in [0.2, 0.25) is 0 Å². The predicted octanol–water partition coefficient (Wildman–Crippen LogP) is -0.184. The maximum Gasteiger partial charge on any atom is 0.167 e. The van der Waals surface area contributed by atoms with Gasteiger partial charge in [0.1, 0.15) is 24.6 Å². The van der Waals surface area contributed by atoms with E-state index in [0.29, 0.717) is 23.5 Å². The summed E-state index contributed by atoms with van der Waals surface area (Å²) in [5.74, 6) is 0.572. The van der Waals surface area contributed by atoms with Crippen molar-refractivity contribution < 1.29 is 20.1 Å². The summed E-state index contributed by atoms with van der Waals surface area (Å²) in [6.45, 7) is 4.24. The Kier molecular flexibility index (Phi) is 4.76. The summed E-state index contributed by atoms with van der Waals surface area (Å²) in [5.41, 5.74) is 2.20. The second-order valence-electron chi connectivity index (χ2n) is 5.94. The van der Waals surface area contributed by atoms with E-state index in [2.05, 4.69) is 20.3 Å². The third-order valence-electron chi connectivity index (χ3n) is 3.93. The number of aromatic nitrogens is 4. The lowest BCUT2D eigenvalue weighted by atomic mass is 10.1. The molecule has 4 N–H and O–H groups in total. The zero-order valence-corrected chi connectivity index (χ0v) is 13.5. The van der Waals surface area contributed by atoms with Gasteiger partial charge in [-0.1, -0.05) is 11.6 Å². The van der Waals surface area contributed by atoms with Gasteiger partial charge in [0, 0.05) is 6.54 Å². The number of hydrogen-bond donors (Lipinski definition) is 4. The lowest BCUT2D eigenvalue weighted by molar-refractivity contribution is -0.0511. The minimum atomic E-state index is -1.18. The molecule has 0 aromatic carbocycles. The van der Waals surface area contributed by atoms with Crippen LogP contribution in [0, 0.1) is 0 Å². The summed E-state index contributed by atoms with van der Waals surface area (Å²) >= 11 is 0. The Morgan fingerprint density at radius 2 is 2.08 bits per heavy atom. The van der Waals surface area contributed by atoms with Crippen LogP contribution < -0.4 is 5.32 Å². The molecule has 9 heteroatoms. The lowest BCUT2D eigenvalue weighted by Crippen LogP contribution is -2.33. The van der Waals surface area contributed by atoms with E-state index in [4.69, 9.17) is 4.74 Å². The van der Waals surface area contributed by atoms with E-state index in [-0.39, 0.29) is 6.61 Å². The largest absolute Gasteiger partial charge is 0.394 e. The molecule has 2 aromatic rings. The van der Waals surface area contributed by atoms with Crippen LogP contribution in [0.25, 0.3) is 11.2 Å². The zero-order valence-electron chi connectivity index (χ0n) is 13.5. The van der Waals surface area contributed by atoms with E-state index >= 15 is 0 Å². The molecule has 9 nitrogen and oxygen atoms in total. The maximum absolute atomic E-state index is 10.2. The molecule has 24 heavy (non-hydrogen) atoms. The highest BCUT2D eigenvalue weighted by Crippen LogP contribution is 2.31. The Hall–Kier alpha value is -2.07. The van der Waals surface area contributed by atoms with E-state index < -0.39 is 24.5 Å². The van der Waals surface area contributed by atoms with Gasteiger partial charge in [-0.15, -0.1) is 0 Å². The third-order valence-corrected chi connectivity index (χ3v) is 3.93. The number of aliphatic hydroxyl groups is 3.